The molecule has 3 atom stereocenters. The molecule has 0 aromatic carbocycles. The number of hydrogen-bond donors (Lipinski definition) is 1. The van der Waals surface area contributed by atoms with Gasteiger partial charge in [0.25, 0.3) is 0 Å². The highest BCUT2D eigenvalue weighted by molar-refractivity contribution is 5.52. The van der Waals surface area contributed by atoms with Gasteiger partial charge in [0.15, 0.2) is 0 Å². The Morgan fingerprint density at radius 3 is 2.86 bits per heavy atom. The maximum Gasteiger partial charge on any atom is 0.138 e. The minimum atomic E-state index is 0. The third kappa shape index (κ3) is 2.53. The molecule has 2 fully saturated rings. The molecule has 4 rings (SSSR count). The monoisotopic (exact) mass is 292 g/mol. The minimum Gasteiger partial charge on any atom is -0.374 e. The summed E-state index contributed by atoms with van der Waals surface area (Å²) in [5.41, 5.74) is 2.24. The molecule has 21 heavy (non-hydrogen) atoms. The van der Waals surface area contributed by atoms with Crippen molar-refractivity contribution in [3.05, 3.63) is 17.1 Å². The van der Waals surface area contributed by atoms with Crippen LogP contribution in [0.2, 0.25) is 0 Å². The average molecular weight is 292 g/mol. The van der Waals surface area contributed by atoms with E-state index in [9.17, 15) is 0 Å². The summed E-state index contributed by atoms with van der Waals surface area (Å²) >= 11 is 0. The predicted octanol–water partition coefficient (Wildman–Crippen LogP) is 2.21. The van der Waals surface area contributed by atoms with Crippen LogP contribution in [0.15, 0.2) is 0 Å². The Labute approximate surface area is 128 Å². The zero-order chi connectivity index (χ0) is 15.0. The minimum absolute atomic E-state index is 0. The Bertz CT molecular complexity index is 525. The Morgan fingerprint density at radius 1 is 1.24 bits per heavy atom. The van der Waals surface area contributed by atoms with Crippen molar-refractivity contribution in [2.24, 2.45) is 0 Å². The van der Waals surface area contributed by atoms with Gasteiger partial charge in [0.1, 0.15) is 11.6 Å². The van der Waals surface area contributed by atoms with E-state index in [0.29, 0.717) is 24.7 Å². The van der Waals surface area contributed by atoms with E-state index in [4.69, 9.17) is 9.72 Å². The smallest absolute Gasteiger partial charge is 0.138 e. The van der Waals surface area contributed by atoms with Gasteiger partial charge in [-0.3, -0.25) is 0 Å². The van der Waals surface area contributed by atoms with Crippen LogP contribution in [-0.2, 0) is 11.3 Å². The topological polar surface area (TPSA) is 50.3 Å². The number of fused-ring (bicyclic) bond motifs is 6. The van der Waals surface area contributed by atoms with Crippen LogP contribution in [0, 0.1) is 13.8 Å². The third-order valence-corrected chi connectivity index (χ3v) is 4.67. The first-order valence-corrected chi connectivity index (χ1v) is 8.17. The molecule has 1 N–H and O–H groups in total. The van der Waals surface area contributed by atoms with Gasteiger partial charge in [0, 0.05) is 31.3 Å². The van der Waals surface area contributed by atoms with Crippen LogP contribution in [-0.4, -0.2) is 41.2 Å². The van der Waals surface area contributed by atoms with Gasteiger partial charge in [0.2, 0.25) is 0 Å². The third-order valence-electron chi connectivity index (χ3n) is 4.67. The fraction of sp³-hybridized carbons (Fsp3) is 0.750. The van der Waals surface area contributed by atoms with Crippen molar-refractivity contribution >= 4 is 5.82 Å². The van der Waals surface area contributed by atoms with Crippen LogP contribution in [0.1, 0.15) is 45.2 Å². The number of aryl methyl sites for hydroxylation is 2. The lowest BCUT2D eigenvalue weighted by atomic mass is 10.1. The van der Waals surface area contributed by atoms with E-state index in [-0.39, 0.29) is 1.43 Å². The number of rotatable bonds is 0. The summed E-state index contributed by atoms with van der Waals surface area (Å²) in [5.74, 6) is 1.98. The number of aromatic nitrogens is 2. The summed E-state index contributed by atoms with van der Waals surface area (Å²) in [7, 11) is 0. The molecule has 3 aliphatic rings. The molecule has 0 radical (unpaired) electrons. The zero-order valence-electron chi connectivity index (χ0n) is 13.5. The molecule has 4 heterocycles. The number of ether oxygens (including phenoxy) is 1. The number of anilines is 1. The van der Waals surface area contributed by atoms with E-state index in [2.05, 4.69) is 22.1 Å². The predicted molar refractivity (Wildman–Crippen MR) is 85.7 cm³/mol. The zero-order valence-corrected chi connectivity index (χ0v) is 13.5. The fourth-order valence-corrected chi connectivity index (χ4v) is 3.74. The molecule has 2 saturated heterocycles. The molecule has 5 nitrogen and oxygen atoms in total. The average Bonchev–Trinajstić information content (AvgIpc) is 2.77. The quantitative estimate of drug-likeness (QED) is 0.794. The maximum atomic E-state index is 5.90. The molecular formula is C16H28N4O. The van der Waals surface area contributed by atoms with Gasteiger partial charge in [-0.2, -0.15) is 0 Å². The van der Waals surface area contributed by atoms with Crippen molar-refractivity contribution in [1.82, 2.24) is 15.3 Å². The lowest BCUT2D eigenvalue weighted by Gasteiger charge is -2.40. The lowest BCUT2D eigenvalue weighted by molar-refractivity contribution is 0.100. The van der Waals surface area contributed by atoms with Crippen LogP contribution in [0.5, 0.6) is 0 Å². The molecule has 118 valence electrons. The van der Waals surface area contributed by atoms with Crippen LogP contribution >= 0.6 is 0 Å². The first-order chi connectivity index (χ1) is 10.2. The number of nitrogens with one attached hydrogen (secondary N) is 1. The van der Waals surface area contributed by atoms with E-state index >= 15 is 0 Å². The molecule has 0 aliphatic carbocycles. The van der Waals surface area contributed by atoms with Crippen molar-refractivity contribution < 1.29 is 6.16 Å². The Hall–Kier alpha value is -1.20. The Morgan fingerprint density at radius 2 is 2.05 bits per heavy atom. The van der Waals surface area contributed by atoms with Gasteiger partial charge < -0.3 is 15.0 Å². The molecule has 1 aromatic heterocycles. The SMILES string of the molecule is CC.Cc1nc(C)c2c(n1)N1C[C@@H]3CC[C@@H](N3)C1COC2.[HH]. The molecule has 1 aromatic rings. The van der Waals surface area contributed by atoms with Gasteiger partial charge in [-0.25, -0.2) is 9.97 Å². The van der Waals surface area contributed by atoms with Gasteiger partial charge in [-0.1, -0.05) is 13.8 Å². The highest BCUT2D eigenvalue weighted by Crippen LogP contribution is 2.34. The largest absolute Gasteiger partial charge is 0.374 e. The van der Waals surface area contributed by atoms with Crippen LogP contribution in [0.3, 0.4) is 0 Å². The van der Waals surface area contributed by atoms with E-state index < -0.39 is 0 Å². The van der Waals surface area contributed by atoms with Gasteiger partial charge in [-0.15, -0.1) is 0 Å². The number of hydrogen-bond acceptors (Lipinski definition) is 5. The first kappa shape index (κ1) is 14.7. The summed E-state index contributed by atoms with van der Waals surface area (Å²) in [6.07, 6.45) is 2.53. The number of nitrogens with zero attached hydrogens (tertiary/aromatic N) is 3. The standard InChI is InChI=1S/C14H20N4O.C2H6.H2/c1-8-11-6-19-7-13-12-4-3-10(17-12)5-18(13)14(11)16-9(2)15-8;1-2;/h10,12-13,17H,3-7H2,1-2H3;1-2H3;1H/t10-,12+,13?;;/m0../s1. The van der Waals surface area contributed by atoms with E-state index in [0.717, 1.165) is 30.5 Å². The molecule has 1 unspecified atom stereocenters. The van der Waals surface area contributed by atoms with Gasteiger partial charge in [0.05, 0.1) is 19.3 Å². The molecule has 3 aliphatic heterocycles. The summed E-state index contributed by atoms with van der Waals surface area (Å²) < 4.78 is 5.90. The van der Waals surface area contributed by atoms with E-state index in [1.807, 2.05) is 20.8 Å². The highest BCUT2D eigenvalue weighted by Gasteiger charge is 2.42. The summed E-state index contributed by atoms with van der Waals surface area (Å²) in [6.45, 7) is 10.5. The van der Waals surface area contributed by atoms with Gasteiger partial charge in [-0.05, 0) is 26.7 Å². The summed E-state index contributed by atoms with van der Waals surface area (Å²) in [6, 6.07) is 1.59. The van der Waals surface area contributed by atoms with E-state index in [1.165, 1.54) is 18.4 Å². The molecule has 5 heteroatoms. The first-order valence-electron chi connectivity index (χ1n) is 8.17. The second-order valence-corrected chi connectivity index (χ2v) is 5.94. The maximum absolute atomic E-state index is 5.90. The second kappa shape index (κ2) is 5.89. The van der Waals surface area contributed by atoms with Crippen molar-refractivity contribution in [2.75, 3.05) is 18.1 Å². The van der Waals surface area contributed by atoms with Crippen LogP contribution in [0.25, 0.3) is 0 Å². The second-order valence-electron chi connectivity index (χ2n) is 5.94. The van der Waals surface area contributed by atoms with Crippen LogP contribution < -0.4 is 10.2 Å². The molecule has 0 spiro atoms. The normalized spacial score (nSPS) is 29.9. The summed E-state index contributed by atoms with van der Waals surface area (Å²) in [4.78, 5) is 11.7. The Balaban J connectivity index is 0.000000566. The Kier molecular flexibility index (Phi) is 4.13. The van der Waals surface area contributed by atoms with Crippen molar-refractivity contribution in [1.29, 1.82) is 0 Å². The van der Waals surface area contributed by atoms with Crippen molar-refractivity contribution in [2.45, 2.75) is 65.3 Å². The lowest BCUT2D eigenvalue weighted by Crippen LogP contribution is -2.59. The number of piperazine rings is 1. The fourth-order valence-electron chi connectivity index (χ4n) is 3.74. The van der Waals surface area contributed by atoms with Crippen molar-refractivity contribution in [3.63, 3.8) is 0 Å². The molecule has 2 bridgehead atoms. The van der Waals surface area contributed by atoms with Gasteiger partial charge >= 0.3 is 0 Å². The van der Waals surface area contributed by atoms with E-state index in [1.54, 1.807) is 0 Å². The molecular weight excluding hydrogens is 264 g/mol. The molecule has 0 amide bonds. The van der Waals surface area contributed by atoms with Crippen molar-refractivity contribution in [3.8, 4) is 0 Å². The molecule has 0 saturated carbocycles. The summed E-state index contributed by atoms with van der Waals surface area (Å²) in [5, 5.41) is 3.71. The van der Waals surface area contributed by atoms with Crippen LogP contribution in [0.4, 0.5) is 5.82 Å². The highest BCUT2D eigenvalue weighted by atomic mass is 16.5.